The van der Waals surface area contributed by atoms with Crippen molar-refractivity contribution in [1.82, 2.24) is 15.0 Å². The minimum Gasteiger partial charge on any atom is -0.390 e. The summed E-state index contributed by atoms with van der Waals surface area (Å²) in [5, 5.41) is 19.4. The highest BCUT2D eigenvalue weighted by Gasteiger charge is 2.71. The Hall–Kier alpha value is -1.86. The van der Waals surface area contributed by atoms with Crippen LogP contribution in [0, 0.1) is 45.2 Å². The van der Waals surface area contributed by atoms with Crippen molar-refractivity contribution in [2.45, 2.75) is 97.6 Å². The van der Waals surface area contributed by atoms with Crippen LogP contribution in [-0.4, -0.2) is 45.2 Å². The standard InChI is InChI=1S/C31H44FN3O3/c1-27-11-10-22-21-7-8-23(26(36)17-35-25-9-6-20(32)16-24(25)33-34-35)29(21,3)13-14-30(22,4)31(27,19-38-5)15-12-28(2,37)18-27/h6,9,16,21-23,37H,7-8,10-15,17-19H2,1-5H3/t21-,22-,23+,27-,28+,29-,30-,31+/m0/s1. The molecule has 0 unspecified atom stereocenters. The summed E-state index contributed by atoms with van der Waals surface area (Å²) in [4.78, 5) is 13.8. The van der Waals surface area contributed by atoms with Crippen molar-refractivity contribution in [1.29, 1.82) is 0 Å². The zero-order valence-electron chi connectivity index (χ0n) is 23.7. The van der Waals surface area contributed by atoms with Gasteiger partial charge in [-0.1, -0.05) is 26.0 Å². The van der Waals surface area contributed by atoms with Crippen LogP contribution in [0.3, 0.4) is 0 Å². The molecule has 208 valence electrons. The zero-order chi connectivity index (χ0) is 27.1. The molecule has 38 heavy (non-hydrogen) atoms. The highest BCUT2D eigenvalue weighted by atomic mass is 19.1. The molecular formula is C31H44FN3O3. The van der Waals surface area contributed by atoms with Gasteiger partial charge in [-0.05, 0) is 105 Å². The molecule has 8 atom stereocenters. The van der Waals surface area contributed by atoms with Crippen molar-refractivity contribution >= 4 is 16.8 Å². The predicted octanol–water partition coefficient (Wildman–Crippen LogP) is 5.96. The fourth-order valence-electron chi connectivity index (χ4n) is 10.7. The summed E-state index contributed by atoms with van der Waals surface area (Å²) in [7, 11) is 1.84. The number of hydrogen-bond acceptors (Lipinski definition) is 5. The van der Waals surface area contributed by atoms with Crippen molar-refractivity contribution in [3.05, 3.63) is 24.0 Å². The van der Waals surface area contributed by atoms with Gasteiger partial charge in [0.05, 0.1) is 17.7 Å². The van der Waals surface area contributed by atoms with Crippen LogP contribution in [-0.2, 0) is 16.1 Å². The van der Waals surface area contributed by atoms with Gasteiger partial charge < -0.3 is 9.84 Å². The molecule has 7 heteroatoms. The number of aliphatic hydroxyl groups is 1. The first-order valence-electron chi connectivity index (χ1n) is 14.6. The number of rotatable bonds is 5. The van der Waals surface area contributed by atoms with Crippen molar-refractivity contribution in [2.75, 3.05) is 13.7 Å². The Kier molecular flexibility index (Phi) is 5.94. The number of methoxy groups -OCH3 is 1. The number of Topliss-reactive ketones (excluding diaryl/α,β-unsaturated/α-hetero) is 1. The normalized spacial score (nSPS) is 44.4. The molecule has 0 bridgehead atoms. The summed E-state index contributed by atoms with van der Waals surface area (Å²) in [5.41, 5.74) is 0.773. The Labute approximate surface area is 225 Å². The third-order valence-electron chi connectivity index (χ3n) is 12.6. The number of aromatic nitrogens is 3. The average Bonchev–Trinajstić information content (AvgIpc) is 3.40. The van der Waals surface area contributed by atoms with Gasteiger partial charge in [0.2, 0.25) is 0 Å². The third kappa shape index (κ3) is 3.52. The maximum Gasteiger partial charge on any atom is 0.157 e. The van der Waals surface area contributed by atoms with E-state index in [4.69, 9.17) is 4.74 Å². The molecule has 4 fully saturated rings. The van der Waals surface area contributed by atoms with Crippen molar-refractivity contribution < 1.29 is 19.0 Å². The second-order valence-electron chi connectivity index (χ2n) is 14.4. The van der Waals surface area contributed by atoms with E-state index in [1.807, 2.05) is 14.0 Å². The second-order valence-corrected chi connectivity index (χ2v) is 14.4. The molecule has 0 spiro atoms. The van der Waals surface area contributed by atoms with E-state index in [0.717, 1.165) is 64.4 Å². The van der Waals surface area contributed by atoms with Crippen molar-refractivity contribution in [3.8, 4) is 0 Å². The Morgan fingerprint density at radius 1 is 1.08 bits per heavy atom. The first-order chi connectivity index (χ1) is 17.9. The molecule has 1 aromatic carbocycles. The lowest BCUT2D eigenvalue weighted by atomic mass is 9.33. The minimum atomic E-state index is -0.611. The Morgan fingerprint density at radius 3 is 2.63 bits per heavy atom. The number of fused-ring (bicyclic) bond motifs is 6. The van der Waals surface area contributed by atoms with Gasteiger partial charge in [0, 0.05) is 24.5 Å². The van der Waals surface area contributed by atoms with E-state index in [9.17, 15) is 14.3 Å². The SMILES string of the molecule is COC[C@]12CC[C@@](C)(O)C[C@]1(C)CC[C@H]1[C@@H]3CC[C@H](C(=O)Cn4nnc5cc(F)ccc54)[C@@]3(C)CC[C@@]12C. The van der Waals surface area contributed by atoms with E-state index in [0.29, 0.717) is 22.9 Å². The summed E-state index contributed by atoms with van der Waals surface area (Å²) in [6.07, 6.45) is 9.10. The number of benzene rings is 1. The molecule has 0 amide bonds. The van der Waals surface area contributed by atoms with Gasteiger partial charge in [0.1, 0.15) is 17.9 Å². The van der Waals surface area contributed by atoms with E-state index < -0.39 is 5.60 Å². The smallest absolute Gasteiger partial charge is 0.157 e. The van der Waals surface area contributed by atoms with E-state index in [2.05, 4.69) is 31.1 Å². The molecule has 4 aliphatic carbocycles. The Bertz CT molecular complexity index is 1260. The highest BCUT2D eigenvalue weighted by Crippen LogP contribution is 2.76. The number of carbonyl (C=O) groups is 1. The van der Waals surface area contributed by atoms with Crippen LogP contribution in [0.5, 0.6) is 0 Å². The fraction of sp³-hybridized carbons (Fsp3) is 0.774. The van der Waals surface area contributed by atoms with Gasteiger partial charge in [-0.2, -0.15) is 0 Å². The maximum absolute atomic E-state index is 13.8. The Balaban J connectivity index is 1.28. The third-order valence-corrected chi connectivity index (χ3v) is 12.6. The summed E-state index contributed by atoms with van der Waals surface area (Å²) in [6, 6.07) is 4.44. The minimum absolute atomic E-state index is 0.00974. The number of halogens is 1. The first-order valence-corrected chi connectivity index (χ1v) is 14.6. The largest absolute Gasteiger partial charge is 0.390 e. The van der Waals surface area contributed by atoms with Crippen LogP contribution in [0.4, 0.5) is 4.39 Å². The molecule has 0 saturated heterocycles. The molecule has 0 aliphatic heterocycles. The van der Waals surface area contributed by atoms with E-state index in [1.54, 1.807) is 10.7 Å². The van der Waals surface area contributed by atoms with Gasteiger partial charge in [0.25, 0.3) is 0 Å². The van der Waals surface area contributed by atoms with Gasteiger partial charge in [-0.15, -0.1) is 5.10 Å². The van der Waals surface area contributed by atoms with Gasteiger partial charge in [-0.3, -0.25) is 4.79 Å². The summed E-state index contributed by atoms with van der Waals surface area (Å²) in [6.45, 7) is 10.3. The van der Waals surface area contributed by atoms with Gasteiger partial charge >= 0.3 is 0 Å². The summed E-state index contributed by atoms with van der Waals surface area (Å²) >= 11 is 0. The van der Waals surface area contributed by atoms with E-state index in [-0.39, 0.29) is 45.7 Å². The lowest BCUT2D eigenvalue weighted by Crippen LogP contribution is -2.67. The molecule has 4 aliphatic rings. The number of ether oxygens (including phenoxy) is 1. The van der Waals surface area contributed by atoms with E-state index in [1.165, 1.54) is 12.1 Å². The summed E-state index contributed by atoms with van der Waals surface area (Å²) in [5.74, 6) is 0.966. The number of ketones is 1. The van der Waals surface area contributed by atoms with Crippen LogP contribution in [0.15, 0.2) is 18.2 Å². The fourth-order valence-corrected chi connectivity index (χ4v) is 10.7. The molecule has 6 rings (SSSR count). The number of nitrogens with zero attached hydrogens (tertiary/aromatic N) is 3. The molecule has 1 heterocycles. The monoisotopic (exact) mass is 525 g/mol. The van der Waals surface area contributed by atoms with Crippen LogP contribution in [0.2, 0.25) is 0 Å². The number of carbonyl (C=O) groups excluding carboxylic acids is 1. The Morgan fingerprint density at radius 2 is 1.87 bits per heavy atom. The van der Waals surface area contributed by atoms with E-state index >= 15 is 0 Å². The van der Waals surface area contributed by atoms with Crippen molar-refractivity contribution in [3.63, 3.8) is 0 Å². The second kappa shape index (κ2) is 8.57. The lowest BCUT2D eigenvalue weighted by Gasteiger charge is -2.71. The van der Waals surface area contributed by atoms with Crippen LogP contribution in [0.25, 0.3) is 11.0 Å². The first kappa shape index (κ1) is 26.4. The number of hydrogen-bond donors (Lipinski definition) is 1. The van der Waals surface area contributed by atoms with Gasteiger partial charge in [-0.25, -0.2) is 9.07 Å². The topological polar surface area (TPSA) is 77.2 Å². The molecule has 1 N–H and O–H groups in total. The summed E-state index contributed by atoms with van der Waals surface area (Å²) < 4.78 is 21.3. The molecule has 0 radical (unpaired) electrons. The van der Waals surface area contributed by atoms with Crippen LogP contribution in [0.1, 0.15) is 85.5 Å². The molecule has 1 aromatic heterocycles. The molecular weight excluding hydrogens is 481 g/mol. The quantitative estimate of drug-likeness (QED) is 0.522. The molecule has 2 aromatic rings. The van der Waals surface area contributed by atoms with Crippen LogP contribution >= 0.6 is 0 Å². The van der Waals surface area contributed by atoms with Gasteiger partial charge in [0.15, 0.2) is 5.78 Å². The zero-order valence-corrected chi connectivity index (χ0v) is 23.7. The van der Waals surface area contributed by atoms with Crippen LogP contribution < -0.4 is 0 Å². The molecule has 6 nitrogen and oxygen atoms in total. The maximum atomic E-state index is 13.8. The average molecular weight is 526 g/mol. The lowest BCUT2D eigenvalue weighted by molar-refractivity contribution is -0.257. The van der Waals surface area contributed by atoms with Crippen molar-refractivity contribution in [2.24, 2.45) is 39.4 Å². The highest BCUT2D eigenvalue weighted by molar-refractivity contribution is 5.84. The predicted molar refractivity (Wildman–Crippen MR) is 144 cm³/mol. The molecule has 4 saturated carbocycles.